The molecule has 6 rings (SSSR count). The number of imide groups is 1. The van der Waals surface area contributed by atoms with Crippen molar-refractivity contribution in [2.75, 3.05) is 18.6 Å². The first-order valence-corrected chi connectivity index (χ1v) is 15.9. The Morgan fingerprint density at radius 2 is 1.76 bits per heavy atom. The number of aromatic nitrogens is 2. The minimum absolute atomic E-state index is 0.0371. The standard InChI is InChI=1S/C33H25N5O7S/c1-45-27-12-10-21(11-13-27)30-28(32(39)37(33(40)29(30)18-34)26-14-15-46(43,44)20-26)17-23-19-36(24-7-3-2-4-8-24)35-31(23)22-6-5-9-25(16-22)38(41)42/h2-13,16-17,19,26H,14-15,20H2,1H3/b28-17-. The predicted molar refractivity (Wildman–Crippen MR) is 168 cm³/mol. The molecule has 1 saturated heterocycles. The number of para-hydroxylation sites is 1. The van der Waals surface area contributed by atoms with Crippen molar-refractivity contribution in [2.24, 2.45) is 0 Å². The number of non-ortho nitro benzene ring substituents is 1. The van der Waals surface area contributed by atoms with E-state index in [1.807, 2.05) is 36.4 Å². The van der Waals surface area contributed by atoms with Crippen LogP contribution in [0.2, 0.25) is 0 Å². The number of nitro groups is 1. The maximum Gasteiger partial charge on any atom is 0.272 e. The molecule has 3 aromatic carbocycles. The van der Waals surface area contributed by atoms with E-state index >= 15 is 0 Å². The van der Waals surface area contributed by atoms with Crippen LogP contribution in [-0.4, -0.2) is 64.5 Å². The first-order valence-electron chi connectivity index (χ1n) is 14.1. The summed E-state index contributed by atoms with van der Waals surface area (Å²) in [7, 11) is -2.01. The molecule has 1 fully saturated rings. The third kappa shape index (κ3) is 5.57. The molecule has 0 aliphatic carbocycles. The number of nitriles is 1. The number of benzene rings is 3. The Hall–Kier alpha value is -5.87. The lowest BCUT2D eigenvalue weighted by Gasteiger charge is -2.32. The molecule has 3 heterocycles. The Labute approximate surface area is 263 Å². The molecular weight excluding hydrogens is 610 g/mol. The quantitative estimate of drug-likeness (QED) is 0.124. The molecule has 0 bridgehead atoms. The first-order chi connectivity index (χ1) is 22.1. The molecule has 46 heavy (non-hydrogen) atoms. The minimum Gasteiger partial charge on any atom is -0.497 e. The molecule has 0 spiro atoms. The van der Waals surface area contributed by atoms with Gasteiger partial charge >= 0.3 is 0 Å². The molecular formula is C33H25N5O7S. The number of amides is 2. The zero-order valence-electron chi connectivity index (χ0n) is 24.4. The fourth-order valence-corrected chi connectivity index (χ4v) is 7.35. The first kappa shape index (κ1) is 30.2. The second-order valence-corrected chi connectivity index (χ2v) is 12.9. The second-order valence-electron chi connectivity index (χ2n) is 10.7. The fourth-order valence-electron chi connectivity index (χ4n) is 5.65. The molecule has 2 amide bonds. The molecule has 2 aliphatic rings. The number of ether oxygens (including phenoxy) is 1. The third-order valence-electron chi connectivity index (χ3n) is 7.86. The van der Waals surface area contributed by atoms with E-state index < -0.39 is 38.4 Å². The van der Waals surface area contributed by atoms with Gasteiger partial charge in [0.25, 0.3) is 17.5 Å². The Morgan fingerprint density at radius 1 is 1.02 bits per heavy atom. The maximum atomic E-state index is 14.3. The van der Waals surface area contributed by atoms with E-state index in [9.17, 15) is 33.4 Å². The number of rotatable bonds is 7. The number of hydrogen-bond acceptors (Lipinski definition) is 9. The molecule has 230 valence electrons. The number of methoxy groups -OCH3 is 1. The van der Waals surface area contributed by atoms with Crippen LogP contribution in [0.1, 0.15) is 17.5 Å². The second kappa shape index (κ2) is 11.9. The van der Waals surface area contributed by atoms with Crippen molar-refractivity contribution in [3.8, 4) is 28.8 Å². The maximum absolute atomic E-state index is 14.3. The van der Waals surface area contributed by atoms with Crippen molar-refractivity contribution in [3.63, 3.8) is 0 Å². The van der Waals surface area contributed by atoms with E-state index in [0.717, 1.165) is 4.90 Å². The summed E-state index contributed by atoms with van der Waals surface area (Å²) < 4.78 is 31.6. The zero-order valence-corrected chi connectivity index (χ0v) is 25.2. The van der Waals surface area contributed by atoms with Gasteiger partial charge in [-0.2, -0.15) is 10.4 Å². The highest BCUT2D eigenvalue weighted by Gasteiger charge is 2.45. The normalized spacial score (nSPS) is 18.6. The van der Waals surface area contributed by atoms with Gasteiger partial charge in [-0.25, -0.2) is 13.1 Å². The largest absolute Gasteiger partial charge is 0.497 e. The van der Waals surface area contributed by atoms with Crippen LogP contribution in [0, 0.1) is 21.4 Å². The van der Waals surface area contributed by atoms with E-state index in [1.165, 1.54) is 31.4 Å². The highest BCUT2D eigenvalue weighted by Crippen LogP contribution is 2.39. The van der Waals surface area contributed by atoms with E-state index in [2.05, 4.69) is 0 Å². The summed E-state index contributed by atoms with van der Waals surface area (Å²) in [5.41, 5.74) is 1.65. The number of nitrogens with zero attached hydrogens (tertiary/aromatic N) is 5. The van der Waals surface area contributed by atoms with E-state index in [4.69, 9.17) is 9.84 Å². The molecule has 1 aromatic heterocycles. The summed E-state index contributed by atoms with van der Waals surface area (Å²) >= 11 is 0. The van der Waals surface area contributed by atoms with Gasteiger partial charge in [0.15, 0.2) is 9.84 Å². The van der Waals surface area contributed by atoms with Gasteiger partial charge in [-0.1, -0.05) is 42.5 Å². The van der Waals surface area contributed by atoms with Crippen LogP contribution in [0.3, 0.4) is 0 Å². The van der Waals surface area contributed by atoms with Crippen molar-refractivity contribution < 1.29 is 27.7 Å². The fraction of sp³-hybridized carbons (Fsp3) is 0.152. The van der Waals surface area contributed by atoms with Gasteiger partial charge in [-0.15, -0.1) is 0 Å². The van der Waals surface area contributed by atoms with Crippen LogP contribution in [0.4, 0.5) is 5.69 Å². The Balaban J connectivity index is 1.61. The predicted octanol–water partition coefficient (Wildman–Crippen LogP) is 4.37. The number of carbonyl (C=O) groups excluding carboxylic acids is 2. The molecule has 2 aliphatic heterocycles. The van der Waals surface area contributed by atoms with Crippen LogP contribution < -0.4 is 4.74 Å². The summed E-state index contributed by atoms with van der Waals surface area (Å²) in [4.78, 5) is 40.0. The van der Waals surface area contributed by atoms with Gasteiger partial charge in [0.2, 0.25) is 0 Å². The minimum atomic E-state index is -3.49. The summed E-state index contributed by atoms with van der Waals surface area (Å²) in [6, 6.07) is 22.5. The van der Waals surface area contributed by atoms with Crippen LogP contribution in [0.25, 0.3) is 28.6 Å². The van der Waals surface area contributed by atoms with Crippen LogP contribution in [0.15, 0.2) is 96.2 Å². The molecule has 1 atom stereocenters. The monoisotopic (exact) mass is 635 g/mol. The van der Waals surface area contributed by atoms with E-state index in [-0.39, 0.29) is 34.6 Å². The molecule has 4 aromatic rings. The number of sulfone groups is 1. The van der Waals surface area contributed by atoms with Gasteiger partial charge in [-0.05, 0) is 42.3 Å². The Morgan fingerprint density at radius 3 is 2.39 bits per heavy atom. The molecule has 12 nitrogen and oxygen atoms in total. The van der Waals surface area contributed by atoms with Gasteiger partial charge in [0, 0.05) is 35.0 Å². The zero-order chi connectivity index (χ0) is 32.6. The molecule has 0 radical (unpaired) electrons. The van der Waals surface area contributed by atoms with Crippen LogP contribution in [0.5, 0.6) is 5.75 Å². The number of nitro benzene ring substituents is 1. The lowest BCUT2D eigenvalue weighted by atomic mass is 9.86. The number of hydrogen-bond donors (Lipinski definition) is 0. The van der Waals surface area contributed by atoms with Crippen molar-refractivity contribution in [2.45, 2.75) is 12.5 Å². The summed E-state index contributed by atoms with van der Waals surface area (Å²) in [6.45, 7) is 0. The highest BCUT2D eigenvalue weighted by atomic mass is 32.2. The molecule has 1 unspecified atom stereocenters. The Bertz CT molecular complexity index is 2110. The van der Waals surface area contributed by atoms with Crippen molar-refractivity contribution in [3.05, 3.63) is 117 Å². The molecule has 13 heteroatoms. The smallest absolute Gasteiger partial charge is 0.272 e. The van der Waals surface area contributed by atoms with Crippen molar-refractivity contribution in [1.82, 2.24) is 14.7 Å². The van der Waals surface area contributed by atoms with Gasteiger partial charge in [-0.3, -0.25) is 24.6 Å². The van der Waals surface area contributed by atoms with Gasteiger partial charge in [0.05, 0.1) is 40.8 Å². The lowest BCUT2D eigenvalue weighted by Crippen LogP contribution is -2.49. The lowest BCUT2D eigenvalue weighted by molar-refractivity contribution is -0.384. The van der Waals surface area contributed by atoms with Gasteiger partial charge < -0.3 is 4.74 Å². The van der Waals surface area contributed by atoms with Crippen molar-refractivity contribution >= 4 is 39.0 Å². The van der Waals surface area contributed by atoms with Gasteiger partial charge in [0.1, 0.15) is 23.1 Å². The average molecular weight is 636 g/mol. The summed E-state index contributed by atoms with van der Waals surface area (Å²) in [6.07, 6.45) is 3.18. The Kier molecular flexibility index (Phi) is 7.81. The SMILES string of the molecule is COc1ccc(C2=C(C#N)C(=O)N(C3CCS(=O)(=O)C3)C(=O)/C2=C\c2cn(-c3ccccc3)nc2-c2cccc([N+](=O)[O-])c2)cc1. The number of carbonyl (C=O) groups is 2. The van der Waals surface area contributed by atoms with E-state index in [0.29, 0.717) is 33.8 Å². The van der Waals surface area contributed by atoms with Crippen molar-refractivity contribution in [1.29, 1.82) is 5.26 Å². The highest BCUT2D eigenvalue weighted by molar-refractivity contribution is 7.91. The molecule has 0 saturated carbocycles. The third-order valence-corrected chi connectivity index (χ3v) is 9.61. The van der Waals surface area contributed by atoms with Crippen LogP contribution in [-0.2, 0) is 19.4 Å². The molecule has 0 N–H and O–H groups in total. The van der Waals surface area contributed by atoms with Crippen LogP contribution >= 0.6 is 0 Å². The average Bonchev–Trinajstić information content (AvgIpc) is 3.65. The summed E-state index contributed by atoms with van der Waals surface area (Å²) in [5, 5.41) is 26.6. The summed E-state index contributed by atoms with van der Waals surface area (Å²) in [5.74, 6) is -1.73. The van der Waals surface area contributed by atoms with E-state index in [1.54, 1.807) is 41.2 Å². The topological polar surface area (TPSA) is 166 Å².